The number of likely N-dealkylation sites (tertiary alicyclic amines) is 1. The van der Waals surface area contributed by atoms with E-state index in [1.54, 1.807) is 18.5 Å². The van der Waals surface area contributed by atoms with Gasteiger partial charge in [0.05, 0.1) is 29.6 Å². The van der Waals surface area contributed by atoms with Gasteiger partial charge in [0, 0.05) is 35.9 Å². The lowest BCUT2D eigenvalue weighted by Crippen LogP contribution is -2.27. The van der Waals surface area contributed by atoms with Gasteiger partial charge in [0.15, 0.2) is 5.13 Å². The maximum atomic E-state index is 13.0. The second-order valence-electron chi connectivity index (χ2n) is 9.01. The normalized spacial score (nSPS) is 17.3. The van der Waals surface area contributed by atoms with Crippen molar-refractivity contribution >= 4 is 39.1 Å². The predicted molar refractivity (Wildman–Crippen MR) is 136 cm³/mol. The molecule has 194 valence electrons. The van der Waals surface area contributed by atoms with Crippen LogP contribution in [0.3, 0.4) is 0 Å². The lowest BCUT2D eigenvalue weighted by molar-refractivity contribution is -0.137. The molecule has 1 fully saturated rings. The van der Waals surface area contributed by atoms with Crippen LogP contribution >= 0.6 is 11.3 Å². The van der Waals surface area contributed by atoms with Gasteiger partial charge in [-0.15, -0.1) is 0 Å². The molecule has 37 heavy (non-hydrogen) atoms. The smallest absolute Gasteiger partial charge is 0.343 e. The van der Waals surface area contributed by atoms with E-state index in [-0.39, 0.29) is 11.9 Å². The summed E-state index contributed by atoms with van der Waals surface area (Å²) in [5.41, 5.74) is 1.72. The van der Waals surface area contributed by atoms with E-state index >= 15 is 0 Å². The molecular weight excluding hydrogens is 503 g/mol. The van der Waals surface area contributed by atoms with Gasteiger partial charge in [-0.05, 0) is 50.2 Å². The first-order valence-corrected chi connectivity index (χ1v) is 12.8. The highest BCUT2D eigenvalue weighted by molar-refractivity contribution is 7.15. The van der Waals surface area contributed by atoms with Gasteiger partial charge in [-0.2, -0.15) is 13.2 Å². The average molecular weight is 530 g/mol. The molecule has 2 atom stereocenters. The highest BCUT2D eigenvalue weighted by Gasteiger charge is 2.30. The summed E-state index contributed by atoms with van der Waals surface area (Å²) in [5.74, 6) is -0.311. The van der Waals surface area contributed by atoms with Gasteiger partial charge in [0.1, 0.15) is 11.2 Å². The summed E-state index contributed by atoms with van der Waals surface area (Å²) in [6.07, 6.45) is 1.73. The number of carbonyl (C=O) groups is 1. The maximum absolute atomic E-state index is 13.0. The van der Waals surface area contributed by atoms with E-state index < -0.39 is 11.7 Å². The van der Waals surface area contributed by atoms with Crippen LogP contribution in [0.4, 0.5) is 24.0 Å². The number of benzene rings is 1. The summed E-state index contributed by atoms with van der Waals surface area (Å²) in [7, 11) is 0. The first-order chi connectivity index (χ1) is 17.7. The molecule has 5 rings (SSSR count). The van der Waals surface area contributed by atoms with Crippen LogP contribution in [0.5, 0.6) is 0 Å². The third-order valence-corrected chi connectivity index (χ3v) is 7.64. The molecule has 1 saturated heterocycles. The van der Waals surface area contributed by atoms with Crippen LogP contribution in [-0.4, -0.2) is 50.0 Å². The lowest BCUT2D eigenvalue weighted by Gasteiger charge is -2.15. The monoisotopic (exact) mass is 529 g/mol. The Morgan fingerprint density at radius 3 is 2.68 bits per heavy atom. The fourth-order valence-electron chi connectivity index (χ4n) is 4.42. The number of nitrogens with one attached hydrogen (secondary N) is 2. The van der Waals surface area contributed by atoms with Crippen LogP contribution in [0.25, 0.3) is 11.0 Å². The second-order valence-corrected chi connectivity index (χ2v) is 10.1. The number of carbonyl (C=O) groups excluding carboxylic acids is 1. The number of imidazole rings is 1. The number of nitrogens with zero attached hydrogens (tertiary/aromatic N) is 5. The SMILES string of the molecule is CCN1CCC(n2cnc3cnc(C(=O)NC(C)c4cnc(Nc5ccc(C(F)(F)F)cc5)s4)cc32)C1. The number of halogens is 3. The molecule has 1 aromatic carbocycles. The first kappa shape index (κ1) is 25.2. The van der Waals surface area contributed by atoms with E-state index in [9.17, 15) is 18.0 Å². The Labute approximate surface area is 215 Å². The third-order valence-electron chi connectivity index (χ3n) is 6.54. The number of aromatic nitrogens is 4. The van der Waals surface area contributed by atoms with Crippen molar-refractivity contribution in [1.82, 2.24) is 29.7 Å². The minimum absolute atomic E-state index is 0.305. The van der Waals surface area contributed by atoms with Crippen LogP contribution in [0.2, 0.25) is 0 Å². The van der Waals surface area contributed by atoms with E-state index in [4.69, 9.17) is 0 Å². The number of rotatable bonds is 7. The molecule has 3 aromatic heterocycles. The fraction of sp³-hybridized carbons (Fsp3) is 0.360. The summed E-state index contributed by atoms with van der Waals surface area (Å²) >= 11 is 1.31. The van der Waals surface area contributed by atoms with Crippen LogP contribution in [0, 0.1) is 0 Å². The quantitative estimate of drug-likeness (QED) is 0.333. The molecule has 2 unspecified atom stereocenters. The molecule has 1 aliphatic rings. The van der Waals surface area contributed by atoms with E-state index in [0.717, 1.165) is 54.1 Å². The standard InChI is InChI=1S/C25H26F3N7OS/c1-3-34-9-8-18(13-34)35-14-31-20-11-29-19(10-21(20)35)23(36)32-15(2)22-12-30-24(37-22)33-17-6-4-16(5-7-17)25(26,27)28/h4-7,10-12,14-15,18H,3,8-9,13H2,1-2H3,(H,30,33)(H,32,36). The zero-order valence-corrected chi connectivity index (χ0v) is 21.1. The number of hydrogen-bond donors (Lipinski definition) is 2. The Hall–Kier alpha value is -3.51. The Morgan fingerprint density at radius 1 is 1.19 bits per heavy atom. The van der Waals surface area contributed by atoms with Crippen molar-refractivity contribution in [2.24, 2.45) is 0 Å². The summed E-state index contributed by atoms with van der Waals surface area (Å²) in [6, 6.07) is 6.49. The van der Waals surface area contributed by atoms with Crippen LogP contribution in [-0.2, 0) is 6.18 Å². The highest BCUT2D eigenvalue weighted by Crippen LogP contribution is 2.32. The maximum Gasteiger partial charge on any atom is 0.416 e. The number of pyridine rings is 1. The van der Waals surface area contributed by atoms with Gasteiger partial charge in [0.2, 0.25) is 0 Å². The predicted octanol–water partition coefficient (Wildman–Crippen LogP) is 5.41. The van der Waals surface area contributed by atoms with Crippen molar-refractivity contribution < 1.29 is 18.0 Å². The topological polar surface area (TPSA) is 88.0 Å². The van der Waals surface area contributed by atoms with Crippen molar-refractivity contribution in [3.63, 3.8) is 0 Å². The number of thiazole rings is 1. The average Bonchev–Trinajstić information content (AvgIpc) is 3.62. The third kappa shape index (κ3) is 5.44. The van der Waals surface area contributed by atoms with Crippen molar-refractivity contribution in [2.75, 3.05) is 25.0 Å². The van der Waals surface area contributed by atoms with E-state index in [0.29, 0.717) is 22.6 Å². The van der Waals surface area contributed by atoms with Crippen LogP contribution < -0.4 is 10.6 Å². The summed E-state index contributed by atoms with van der Waals surface area (Å²) in [6.45, 7) is 7.00. The van der Waals surface area contributed by atoms with Crippen molar-refractivity contribution in [3.8, 4) is 0 Å². The molecule has 1 amide bonds. The van der Waals surface area contributed by atoms with E-state index in [1.165, 1.54) is 23.5 Å². The highest BCUT2D eigenvalue weighted by atomic mass is 32.1. The Morgan fingerprint density at radius 2 is 1.97 bits per heavy atom. The minimum Gasteiger partial charge on any atom is -0.343 e. The molecule has 0 aliphatic carbocycles. The Kier molecular flexibility index (Phi) is 6.86. The number of alkyl halides is 3. The van der Waals surface area contributed by atoms with Gasteiger partial charge < -0.3 is 20.1 Å². The van der Waals surface area contributed by atoms with Crippen LogP contribution in [0.1, 0.15) is 53.3 Å². The van der Waals surface area contributed by atoms with Gasteiger partial charge >= 0.3 is 6.18 Å². The van der Waals surface area contributed by atoms with Gasteiger partial charge in [-0.25, -0.2) is 15.0 Å². The summed E-state index contributed by atoms with van der Waals surface area (Å²) in [5, 5.41) is 6.47. The molecule has 12 heteroatoms. The second kappa shape index (κ2) is 10.1. The molecule has 4 heterocycles. The van der Waals surface area contributed by atoms with E-state index in [2.05, 4.69) is 42.0 Å². The van der Waals surface area contributed by atoms with Crippen molar-refractivity contribution in [3.05, 3.63) is 65.2 Å². The van der Waals surface area contributed by atoms with E-state index in [1.807, 2.05) is 13.3 Å². The number of fused-ring (bicyclic) bond motifs is 1. The molecule has 2 N–H and O–H groups in total. The Bertz CT molecular complexity index is 1400. The zero-order valence-electron chi connectivity index (χ0n) is 20.3. The lowest BCUT2D eigenvalue weighted by atomic mass is 10.2. The number of anilines is 2. The molecule has 0 spiro atoms. The Balaban J connectivity index is 1.25. The number of hydrogen-bond acceptors (Lipinski definition) is 7. The summed E-state index contributed by atoms with van der Waals surface area (Å²) in [4.78, 5) is 29.2. The zero-order chi connectivity index (χ0) is 26.2. The molecule has 4 aromatic rings. The summed E-state index contributed by atoms with van der Waals surface area (Å²) < 4.78 is 40.4. The molecule has 0 saturated carbocycles. The molecule has 8 nitrogen and oxygen atoms in total. The minimum atomic E-state index is -4.38. The molecule has 0 radical (unpaired) electrons. The number of likely N-dealkylation sites (N-methyl/N-ethyl adjacent to an activating group) is 1. The van der Waals surface area contributed by atoms with Gasteiger partial charge in [-0.1, -0.05) is 18.3 Å². The van der Waals surface area contributed by atoms with Crippen LogP contribution in [0.15, 0.2) is 49.1 Å². The molecular formula is C25H26F3N7OS. The largest absolute Gasteiger partial charge is 0.416 e. The molecule has 1 aliphatic heterocycles. The number of amides is 1. The van der Waals surface area contributed by atoms with Crippen molar-refractivity contribution in [1.29, 1.82) is 0 Å². The van der Waals surface area contributed by atoms with Gasteiger partial charge in [0.25, 0.3) is 5.91 Å². The molecule has 0 bridgehead atoms. The fourth-order valence-corrected chi connectivity index (χ4v) is 5.26. The first-order valence-electron chi connectivity index (χ1n) is 12.0. The van der Waals surface area contributed by atoms with Crippen molar-refractivity contribution in [2.45, 2.75) is 38.5 Å². The van der Waals surface area contributed by atoms with Gasteiger partial charge in [-0.3, -0.25) is 4.79 Å².